The molecule has 2 unspecified atom stereocenters. The molecule has 1 N–H and O–H groups in total. The van der Waals surface area contributed by atoms with E-state index in [1.165, 1.54) is 24.6 Å². The van der Waals surface area contributed by atoms with Gasteiger partial charge in [0.25, 0.3) is 0 Å². The van der Waals surface area contributed by atoms with Crippen LogP contribution in [0.3, 0.4) is 0 Å². The molecule has 0 bridgehead atoms. The van der Waals surface area contributed by atoms with Crippen LogP contribution >= 0.6 is 11.8 Å². The first-order valence-electron chi connectivity index (χ1n) is 3.87. The van der Waals surface area contributed by atoms with E-state index in [-0.39, 0.29) is 0 Å². The maximum atomic E-state index is 5.41. The molecule has 3 heteroatoms. The maximum Gasteiger partial charge on any atom is 0.0727 e. The van der Waals surface area contributed by atoms with Gasteiger partial charge >= 0.3 is 0 Å². The van der Waals surface area contributed by atoms with Gasteiger partial charge in [0.05, 0.1) is 12.7 Å². The molecule has 2 fully saturated rings. The molecule has 0 amide bonds. The number of thioether (sulfide) groups is 1. The molecule has 2 saturated heterocycles. The Morgan fingerprint density at radius 2 is 2.50 bits per heavy atom. The Morgan fingerprint density at radius 3 is 3.30 bits per heavy atom. The second-order valence-electron chi connectivity index (χ2n) is 2.91. The van der Waals surface area contributed by atoms with Gasteiger partial charge in [-0.3, -0.25) is 0 Å². The van der Waals surface area contributed by atoms with E-state index in [9.17, 15) is 0 Å². The van der Waals surface area contributed by atoms with Gasteiger partial charge in [-0.2, -0.15) is 11.8 Å². The highest BCUT2D eigenvalue weighted by molar-refractivity contribution is 7.99. The highest BCUT2D eigenvalue weighted by Crippen LogP contribution is 2.24. The van der Waals surface area contributed by atoms with E-state index in [2.05, 4.69) is 5.32 Å². The van der Waals surface area contributed by atoms with Crippen LogP contribution in [0.5, 0.6) is 0 Å². The highest BCUT2D eigenvalue weighted by atomic mass is 32.2. The minimum Gasteiger partial charge on any atom is -0.376 e. The second-order valence-corrected chi connectivity index (χ2v) is 4.06. The summed E-state index contributed by atoms with van der Waals surface area (Å²) in [6.07, 6.45) is 0.567. The molecular formula is C7H13NOS. The Bertz CT molecular complexity index is 106. The summed E-state index contributed by atoms with van der Waals surface area (Å²) in [6, 6.07) is 0. The van der Waals surface area contributed by atoms with Crippen LogP contribution in [0.2, 0.25) is 0 Å². The molecule has 0 aromatic rings. The third-order valence-electron chi connectivity index (χ3n) is 2.16. The molecule has 0 aliphatic carbocycles. The normalized spacial score (nSPS) is 40.8. The van der Waals surface area contributed by atoms with Crippen molar-refractivity contribution in [3.05, 3.63) is 0 Å². The fourth-order valence-corrected chi connectivity index (χ4v) is 2.43. The van der Waals surface area contributed by atoms with Gasteiger partial charge in [0.15, 0.2) is 0 Å². The zero-order valence-electron chi connectivity index (χ0n) is 6.01. The maximum absolute atomic E-state index is 5.41. The predicted octanol–water partition coefficient (Wildman–Crippen LogP) is 0.338. The molecule has 2 heterocycles. The average molecular weight is 159 g/mol. The van der Waals surface area contributed by atoms with Crippen LogP contribution in [0.4, 0.5) is 0 Å². The molecular weight excluding hydrogens is 146 g/mol. The van der Waals surface area contributed by atoms with Crippen molar-refractivity contribution in [1.82, 2.24) is 5.32 Å². The first-order chi connectivity index (χ1) is 4.97. The number of rotatable bonds is 0. The minimum atomic E-state index is 0.567. The number of ether oxygens (including phenoxy) is 1. The predicted molar refractivity (Wildman–Crippen MR) is 43.4 cm³/mol. The van der Waals surface area contributed by atoms with Gasteiger partial charge in [0, 0.05) is 30.5 Å². The molecule has 0 radical (unpaired) electrons. The van der Waals surface area contributed by atoms with Crippen molar-refractivity contribution < 1.29 is 4.74 Å². The van der Waals surface area contributed by atoms with Gasteiger partial charge in [-0.1, -0.05) is 0 Å². The number of hydrogen-bond acceptors (Lipinski definition) is 3. The molecule has 0 aromatic carbocycles. The lowest BCUT2D eigenvalue weighted by Crippen LogP contribution is -2.48. The third-order valence-corrected chi connectivity index (χ3v) is 3.22. The third kappa shape index (κ3) is 1.31. The Morgan fingerprint density at radius 1 is 1.50 bits per heavy atom. The molecule has 2 aliphatic rings. The molecule has 0 aromatic heterocycles. The Hall–Kier alpha value is 0.270. The standard InChI is InChI=1S/C7H13NOS/c1-2-10-5-7-6(3-8-1)4-9-7/h6-8H,1-5H2. The molecule has 58 valence electrons. The van der Waals surface area contributed by atoms with Crippen molar-refractivity contribution in [2.75, 3.05) is 31.2 Å². The van der Waals surface area contributed by atoms with Gasteiger partial charge in [-0.25, -0.2) is 0 Å². The van der Waals surface area contributed by atoms with Crippen LogP contribution < -0.4 is 5.32 Å². The first kappa shape index (κ1) is 6.95. The Kier molecular flexibility index (Phi) is 2.16. The molecule has 0 saturated carbocycles. The van der Waals surface area contributed by atoms with E-state index >= 15 is 0 Å². The lowest BCUT2D eigenvalue weighted by Gasteiger charge is -2.38. The summed E-state index contributed by atoms with van der Waals surface area (Å²) < 4.78 is 5.41. The Labute approximate surface area is 65.7 Å². The topological polar surface area (TPSA) is 21.3 Å². The van der Waals surface area contributed by atoms with Crippen molar-refractivity contribution in [2.45, 2.75) is 6.10 Å². The van der Waals surface area contributed by atoms with Gasteiger partial charge in [0.2, 0.25) is 0 Å². The molecule has 0 spiro atoms. The molecule has 2 atom stereocenters. The smallest absolute Gasteiger partial charge is 0.0727 e. The van der Waals surface area contributed by atoms with E-state index in [0.717, 1.165) is 12.5 Å². The lowest BCUT2D eigenvalue weighted by molar-refractivity contribution is -0.0981. The summed E-state index contributed by atoms with van der Waals surface area (Å²) in [4.78, 5) is 0. The number of nitrogens with one attached hydrogen (secondary N) is 1. The van der Waals surface area contributed by atoms with E-state index < -0.39 is 0 Å². The molecule has 2 nitrogen and oxygen atoms in total. The fraction of sp³-hybridized carbons (Fsp3) is 1.00. The van der Waals surface area contributed by atoms with Crippen LogP contribution in [0.15, 0.2) is 0 Å². The first-order valence-corrected chi connectivity index (χ1v) is 5.02. The van der Waals surface area contributed by atoms with Crippen LogP contribution in [0.1, 0.15) is 0 Å². The highest BCUT2D eigenvalue weighted by Gasteiger charge is 2.31. The zero-order valence-corrected chi connectivity index (χ0v) is 6.82. The number of hydrogen-bond donors (Lipinski definition) is 1. The quantitative estimate of drug-likeness (QED) is 0.550. The second kappa shape index (κ2) is 3.11. The van der Waals surface area contributed by atoms with Crippen molar-refractivity contribution in [1.29, 1.82) is 0 Å². The molecule has 10 heavy (non-hydrogen) atoms. The van der Waals surface area contributed by atoms with Crippen LogP contribution in [0.25, 0.3) is 0 Å². The summed E-state index contributed by atoms with van der Waals surface area (Å²) in [7, 11) is 0. The van der Waals surface area contributed by atoms with E-state index in [1.54, 1.807) is 0 Å². The summed E-state index contributed by atoms with van der Waals surface area (Å²) in [5.74, 6) is 3.27. The number of fused-ring (bicyclic) bond motifs is 1. The monoisotopic (exact) mass is 159 g/mol. The summed E-state index contributed by atoms with van der Waals surface area (Å²) in [5, 5.41) is 3.42. The SMILES string of the molecule is C1CSCC2OCC2CN1. The Balaban J connectivity index is 1.83. The van der Waals surface area contributed by atoms with Crippen LogP contribution in [0, 0.1) is 5.92 Å². The van der Waals surface area contributed by atoms with E-state index in [0.29, 0.717) is 6.10 Å². The van der Waals surface area contributed by atoms with Crippen molar-refractivity contribution >= 4 is 11.8 Å². The zero-order chi connectivity index (χ0) is 6.81. The van der Waals surface area contributed by atoms with Gasteiger partial charge < -0.3 is 10.1 Å². The lowest BCUT2D eigenvalue weighted by atomic mass is 9.99. The van der Waals surface area contributed by atoms with Crippen molar-refractivity contribution in [3.8, 4) is 0 Å². The van der Waals surface area contributed by atoms with E-state index in [1.807, 2.05) is 11.8 Å². The van der Waals surface area contributed by atoms with Gasteiger partial charge in [-0.15, -0.1) is 0 Å². The van der Waals surface area contributed by atoms with Crippen LogP contribution in [-0.2, 0) is 4.74 Å². The molecule has 2 rings (SSSR count). The summed E-state index contributed by atoms with van der Waals surface area (Å²) >= 11 is 2.00. The van der Waals surface area contributed by atoms with Crippen molar-refractivity contribution in [2.24, 2.45) is 5.92 Å². The summed E-state index contributed by atoms with van der Waals surface area (Å²) in [5.41, 5.74) is 0. The van der Waals surface area contributed by atoms with E-state index in [4.69, 9.17) is 4.74 Å². The molecule has 2 aliphatic heterocycles. The van der Waals surface area contributed by atoms with Gasteiger partial charge in [-0.05, 0) is 0 Å². The van der Waals surface area contributed by atoms with Gasteiger partial charge in [0.1, 0.15) is 0 Å². The largest absolute Gasteiger partial charge is 0.376 e. The summed E-state index contributed by atoms with van der Waals surface area (Å²) in [6.45, 7) is 3.33. The average Bonchev–Trinajstić information content (AvgIpc) is 1.89. The minimum absolute atomic E-state index is 0.567. The van der Waals surface area contributed by atoms with Crippen molar-refractivity contribution in [3.63, 3.8) is 0 Å². The fourth-order valence-electron chi connectivity index (χ4n) is 1.37. The van der Waals surface area contributed by atoms with Crippen LogP contribution in [-0.4, -0.2) is 37.3 Å².